The third kappa shape index (κ3) is 4.49. The highest BCUT2D eigenvalue weighted by atomic mass is 16.5. The van der Waals surface area contributed by atoms with Crippen molar-refractivity contribution in [2.24, 2.45) is 7.05 Å². The Morgan fingerprint density at radius 3 is 2.41 bits per heavy atom. The summed E-state index contributed by atoms with van der Waals surface area (Å²) < 4.78 is 11.7. The molecular weight excluding hydrogens is 436 g/mol. The first-order chi connectivity index (χ1) is 16.4. The molecule has 0 aliphatic carbocycles. The van der Waals surface area contributed by atoms with Crippen LogP contribution in [-0.4, -0.2) is 40.8 Å². The van der Waals surface area contributed by atoms with Crippen LogP contribution in [0.1, 0.15) is 26.4 Å². The number of amides is 1. The molecular formula is C25H24N4O5. The molecule has 0 aliphatic heterocycles. The van der Waals surface area contributed by atoms with E-state index in [1.165, 1.54) is 7.11 Å². The van der Waals surface area contributed by atoms with E-state index in [1.54, 1.807) is 61.3 Å². The number of carbonyl (C=O) groups excluding carboxylic acids is 2. The number of hydrogen-bond donors (Lipinski definition) is 3. The van der Waals surface area contributed by atoms with E-state index in [0.717, 1.165) is 5.56 Å². The molecule has 0 spiro atoms. The number of hydrogen-bond acceptors (Lipinski definition) is 7. The average molecular weight is 460 g/mol. The van der Waals surface area contributed by atoms with Crippen molar-refractivity contribution in [3.05, 3.63) is 77.6 Å². The molecule has 0 fully saturated rings. The highest BCUT2D eigenvalue weighted by Gasteiger charge is 2.25. The first kappa shape index (κ1) is 22.7. The maximum atomic E-state index is 13.0. The van der Waals surface area contributed by atoms with Crippen molar-refractivity contribution in [2.75, 3.05) is 24.9 Å². The van der Waals surface area contributed by atoms with Crippen LogP contribution in [0.25, 0.3) is 11.0 Å². The van der Waals surface area contributed by atoms with Crippen molar-refractivity contribution in [3.8, 4) is 11.5 Å². The lowest BCUT2D eigenvalue weighted by Crippen LogP contribution is -2.16. The van der Waals surface area contributed by atoms with Crippen molar-refractivity contribution in [3.63, 3.8) is 0 Å². The fourth-order valence-corrected chi connectivity index (χ4v) is 3.61. The molecule has 0 atom stereocenters. The summed E-state index contributed by atoms with van der Waals surface area (Å²) in [7, 11) is 4.52. The Morgan fingerprint density at radius 1 is 1.06 bits per heavy atom. The maximum Gasteiger partial charge on any atom is 0.356 e. The fourth-order valence-electron chi connectivity index (χ4n) is 3.61. The van der Waals surface area contributed by atoms with Crippen LogP contribution in [0.3, 0.4) is 0 Å². The molecule has 9 heteroatoms. The second kappa shape index (κ2) is 9.53. The largest absolute Gasteiger partial charge is 0.508 e. The lowest BCUT2D eigenvalue weighted by Gasteiger charge is -2.09. The summed E-state index contributed by atoms with van der Waals surface area (Å²) in [5.74, 6) is -0.152. The van der Waals surface area contributed by atoms with Crippen molar-refractivity contribution < 1.29 is 24.2 Å². The number of nitrogens with one attached hydrogen (secondary N) is 2. The zero-order chi connectivity index (χ0) is 24.2. The topological polar surface area (TPSA) is 115 Å². The number of aromatic hydroxyl groups is 1. The first-order valence-corrected chi connectivity index (χ1v) is 10.4. The van der Waals surface area contributed by atoms with Crippen LogP contribution < -0.4 is 15.4 Å². The third-order valence-corrected chi connectivity index (χ3v) is 5.43. The van der Waals surface area contributed by atoms with E-state index in [4.69, 9.17) is 9.47 Å². The zero-order valence-electron chi connectivity index (χ0n) is 19.0. The van der Waals surface area contributed by atoms with Gasteiger partial charge in [-0.05, 0) is 48.0 Å². The van der Waals surface area contributed by atoms with Gasteiger partial charge in [-0.2, -0.15) is 0 Å². The van der Waals surface area contributed by atoms with E-state index in [-0.39, 0.29) is 17.4 Å². The molecule has 4 aromatic rings. The summed E-state index contributed by atoms with van der Waals surface area (Å²) in [4.78, 5) is 30.1. The summed E-state index contributed by atoms with van der Waals surface area (Å²) in [5.41, 5.74) is 3.08. The molecule has 0 bridgehead atoms. The van der Waals surface area contributed by atoms with E-state index in [2.05, 4.69) is 15.6 Å². The monoisotopic (exact) mass is 460 g/mol. The SMILES string of the molecule is COC(=O)c1c(NC(=O)c2ccc(OC)cc2)c2cc(NCc3ccc(O)cc3)cnc2n1C. The van der Waals surface area contributed by atoms with Crippen LogP contribution in [0.15, 0.2) is 60.8 Å². The molecule has 34 heavy (non-hydrogen) atoms. The number of methoxy groups -OCH3 is 2. The molecule has 0 saturated heterocycles. The molecule has 2 aromatic heterocycles. The minimum absolute atomic E-state index is 0.183. The Balaban J connectivity index is 1.69. The van der Waals surface area contributed by atoms with Gasteiger partial charge in [-0.3, -0.25) is 4.79 Å². The number of nitrogens with zero attached hydrogens (tertiary/aromatic N) is 2. The number of phenols is 1. The number of aromatic nitrogens is 2. The van der Waals surface area contributed by atoms with Crippen LogP contribution in [0.5, 0.6) is 11.5 Å². The minimum atomic E-state index is -0.593. The number of anilines is 2. The number of rotatable bonds is 7. The normalized spacial score (nSPS) is 10.7. The van der Waals surface area contributed by atoms with Crippen LogP contribution in [0, 0.1) is 0 Å². The second-order valence-electron chi connectivity index (χ2n) is 7.57. The second-order valence-corrected chi connectivity index (χ2v) is 7.57. The van der Waals surface area contributed by atoms with Gasteiger partial charge in [0.05, 0.1) is 31.8 Å². The summed E-state index contributed by atoms with van der Waals surface area (Å²) in [5, 5.41) is 16.2. The van der Waals surface area contributed by atoms with Crippen LogP contribution in [0.4, 0.5) is 11.4 Å². The van der Waals surface area contributed by atoms with Gasteiger partial charge in [0.25, 0.3) is 5.91 Å². The van der Waals surface area contributed by atoms with Gasteiger partial charge in [0.2, 0.25) is 0 Å². The van der Waals surface area contributed by atoms with Crippen LogP contribution >= 0.6 is 0 Å². The summed E-state index contributed by atoms with van der Waals surface area (Å²) >= 11 is 0. The smallest absolute Gasteiger partial charge is 0.356 e. The quantitative estimate of drug-likeness (QED) is 0.358. The highest BCUT2D eigenvalue weighted by molar-refractivity contribution is 6.14. The van der Waals surface area contributed by atoms with Crippen molar-refractivity contribution in [2.45, 2.75) is 6.54 Å². The van der Waals surface area contributed by atoms with Gasteiger partial charge in [-0.1, -0.05) is 12.1 Å². The summed E-state index contributed by atoms with van der Waals surface area (Å²) in [6.07, 6.45) is 1.65. The Kier molecular flexibility index (Phi) is 6.35. The lowest BCUT2D eigenvalue weighted by molar-refractivity contribution is 0.0591. The summed E-state index contributed by atoms with van der Waals surface area (Å²) in [6, 6.07) is 15.3. The molecule has 9 nitrogen and oxygen atoms in total. The Hall–Kier alpha value is -4.53. The molecule has 0 aliphatic rings. The summed E-state index contributed by atoms with van der Waals surface area (Å²) in [6.45, 7) is 0.498. The molecule has 2 heterocycles. The standard InChI is InChI=1S/C25H24N4O5/c1-29-22(25(32)34-3)21(28-24(31)16-6-10-19(33-2)11-7-16)20-12-17(14-27-23(20)29)26-13-15-4-8-18(30)9-5-15/h4-12,14,26,30H,13H2,1-3H3,(H,28,31). The van der Waals surface area contributed by atoms with Crippen molar-refractivity contribution >= 4 is 34.3 Å². The Morgan fingerprint density at radius 2 is 1.76 bits per heavy atom. The predicted octanol–water partition coefficient (Wildman–Crippen LogP) is 3.94. The molecule has 0 unspecified atom stereocenters. The van der Waals surface area contributed by atoms with E-state index in [0.29, 0.717) is 40.3 Å². The number of phenolic OH excluding ortho intramolecular Hbond substituents is 1. The molecule has 0 radical (unpaired) electrons. The first-order valence-electron chi connectivity index (χ1n) is 10.4. The molecule has 3 N–H and O–H groups in total. The van der Waals surface area contributed by atoms with E-state index < -0.39 is 5.97 Å². The van der Waals surface area contributed by atoms with E-state index in [9.17, 15) is 14.7 Å². The Labute approximate surface area is 195 Å². The fraction of sp³-hybridized carbons (Fsp3) is 0.160. The number of pyridine rings is 1. The van der Waals surface area contributed by atoms with Gasteiger partial charge in [-0.15, -0.1) is 0 Å². The number of carbonyl (C=O) groups is 2. The van der Waals surface area contributed by atoms with E-state index in [1.807, 2.05) is 18.2 Å². The van der Waals surface area contributed by atoms with Crippen LogP contribution in [0.2, 0.25) is 0 Å². The molecule has 1 amide bonds. The van der Waals surface area contributed by atoms with Gasteiger partial charge in [0.1, 0.15) is 17.1 Å². The number of esters is 1. The van der Waals surface area contributed by atoms with Crippen molar-refractivity contribution in [1.82, 2.24) is 9.55 Å². The van der Waals surface area contributed by atoms with Gasteiger partial charge < -0.3 is 29.8 Å². The van der Waals surface area contributed by atoms with Gasteiger partial charge in [-0.25, -0.2) is 9.78 Å². The molecule has 0 saturated carbocycles. The number of benzene rings is 2. The lowest BCUT2D eigenvalue weighted by atomic mass is 10.2. The third-order valence-electron chi connectivity index (χ3n) is 5.43. The maximum absolute atomic E-state index is 13.0. The van der Waals surface area contributed by atoms with Gasteiger partial charge in [0.15, 0.2) is 5.69 Å². The Bertz CT molecular complexity index is 1340. The zero-order valence-corrected chi connectivity index (χ0v) is 19.0. The molecule has 174 valence electrons. The molecule has 2 aromatic carbocycles. The van der Waals surface area contributed by atoms with Gasteiger partial charge in [0, 0.05) is 24.5 Å². The number of ether oxygens (including phenoxy) is 2. The number of fused-ring (bicyclic) bond motifs is 1. The molecule has 4 rings (SSSR count). The average Bonchev–Trinajstić information content (AvgIpc) is 3.13. The predicted molar refractivity (Wildman–Crippen MR) is 128 cm³/mol. The van der Waals surface area contributed by atoms with Crippen LogP contribution in [-0.2, 0) is 18.3 Å². The van der Waals surface area contributed by atoms with E-state index >= 15 is 0 Å². The van der Waals surface area contributed by atoms with Crippen molar-refractivity contribution in [1.29, 1.82) is 0 Å². The highest BCUT2D eigenvalue weighted by Crippen LogP contribution is 2.32. The minimum Gasteiger partial charge on any atom is -0.508 e. The number of aryl methyl sites for hydroxylation is 1. The van der Waals surface area contributed by atoms with Gasteiger partial charge >= 0.3 is 5.97 Å².